The Morgan fingerprint density at radius 2 is 1.59 bits per heavy atom. The molecule has 0 saturated carbocycles. The number of benzene rings is 3. The van der Waals surface area contributed by atoms with E-state index in [0.717, 1.165) is 6.08 Å². The van der Waals surface area contributed by atoms with E-state index in [1.165, 1.54) is 38.5 Å². The Balaban J connectivity index is 2.04. The zero-order chi connectivity index (χ0) is 23.3. The van der Waals surface area contributed by atoms with Gasteiger partial charge in [0.2, 0.25) is 0 Å². The van der Waals surface area contributed by atoms with E-state index in [2.05, 4.69) is 0 Å². The highest BCUT2D eigenvalue weighted by molar-refractivity contribution is 5.88. The molecule has 0 amide bonds. The number of phenols is 3. The Morgan fingerprint density at radius 3 is 2.19 bits per heavy atom. The molecule has 3 aromatic carbocycles. The lowest BCUT2D eigenvalue weighted by Crippen LogP contribution is -1.97. The summed E-state index contributed by atoms with van der Waals surface area (Å²) in [4.78, 5) is 0. The fourth-order valence-electron chi connectivity index (χ4n) is 3.21. The first-order chi connectivity index (χ1) is 15.4. The molecule has 8 heteroatoms. The second-order valence-electron chi connectivity index (χ2n) is 6.73. The molecule has 0 atom stereocenters. The molecule has 0 heterocycles. The van der Waals surface area contributed by atoms with Gasteiger partial charge in [-0.3, -0.25) is 0 Å². The van der Waals surface area contributed by atoms with Crippen molar-refractivity contribution in [2.24, 2.45) is 0 Å². The minimum atomic E-state index is -0.739. The van der Waals surface area contributed by atoms with E-state index in [1.807, 2.05) is 0 Å². The monoisotopic (exact) mass is 442 g/mol. The van der Waals surface area contributed by atoms with Crippen molar-refractivity contribution in [3.63, 3.8) is 0 Å². The highest BCUT2D eigenvalue weighted by Crippen LogP contribution is 2.50. The molecule has 0 unspecified atom stereocenters. The molecule has 0 aliphatic heterocycles. The normalized spacial score (nSPS) is 11.3. The van der Waals surface area contributed by atoms with Crippen LogP contribution < -0.4 is 14.2 Å². The van der Waals surface area contributed by atoms with E-state index in [9.17, 15) is 19.7 Å². The number of ether oxygens (including phenoxy) is 3. The third kappa shape index (κ3) is 4.70. The average molecular weight is 442 g/mol. The maximum atomic E-state index is 13.0. The van der Waals surface area contributed by atoms with Crippen molar-refractivity contribution < 1.29 is 39.0 Å². The summed E-state index contributed by atoms with van der Waals surface area (Å²) in [5.41, 5.74) is 1.96. The highest BCUT2D eigenvalue weighted by Gasteiger charge is 2.22. The topological polar surface area (TPSA) is 109 Å². The van der Waals surface area contributed by atoms with Gasteiger partial charge in [-0.2, -0.15) is 0 Å². The van der Waals surface area contributed by atoms with Crippen molar-refractivity contribution in [1.82, 2.24) is 0 Å². The van der Waals surface area contributed by atoms with E-state index in [4.69, 9.17) is 19.3 Å². The van der Waals surface area contributed by atoms with Crippen molar-refractivity contribution in [2.45, 2.75) is 0 Å². The highest BCUT2D eigenvalue weighted by atomic mass is 19.1. The molecule has 168 valence electrons. The second-order valence-corrected chi connectivity index (χ2v) is 6.73. The van der Waals surface area contributed by atoms with E-state index in [1.54, 1.807) is 24.3 Å². The van der Waals surface area contributed by atoms with Gasteiger partial charge in [0.05, 0.1) is 26.4 Å². The molecule has 0 aliphatic carbocycles. The van der Waals surface area contributed by atoms with E-state index < -0.39 is 12.4 Å². The van der Waals surface area contributed by atoms with Gasteiger partial charge in [-0.15, -0.1) is 0 Å². The lowest BCUT2D eigenvalue weighted by atomic mass is 9.96. The molecule has 32 heavy (non-hydrogen) atoms. The van der Waals surface area contributed by atoms with Crippen LogP contribution in [0.25, 0.3) is 22.3 Å². The van der Waals surface area contributed by atoms with Crippen molar-refractivity contribution in [3.05, 3.63) is 60.4 Å². The lowest BCUT2D eigenvalue weighted by molar-refractivity contribution is 0.290. The summed E-state index contributed by atoms with van der Waals surface area (Å²) in [6.45, 7) is -0.904. The molecule has 0 radical (unpaired) electrons. The summed E-state index contributed by atoms with van der Waals surface area (Å²) in [6.07, 6.45) is 1.05. The molecule has 0 fully saturated rings. The molecular weight excluding hydrogens is 419 g/mol. The summed E-state index contributed by atoms with van der Waals surface area (Å²) < 4.78 is 29.2. The number of methoxy groups -OCH3 is 2. The zero-order valence-corrected chi connectivity index (χ0v) is 17.5. The van der Waals surface area contributed by atoms with Crippen LogP contribution >= 0.6 is 0 Å². The molecule has 4 N–H and O–H groups in total. The third-order valence-corrected chi connectivity index (χ3v) is 4.76. The van der Waals surface area contributed by atoms with Crippen LogP contribution in [0.3, 0.4) is 0 Å². The van der Waals surface area contributed by atoms with Gasteiger partial charge in [0.1, 0.15) is 23.9 Å². The molecule has 0 saturated heterocycles. The number of phenolic OH excluding ortho intramolecular Hbond substituents is 3. The van der Waals surface area contributed by atoms with Gasteiger partial charge in [0, 0.05) is 5.56 Å². The van der Waals surface area contributed by atoms with Crippen LogP contribution in [0.5, 0.6) is 34.5 Å². The minimum Gasteiger partial charge on any atom is -0.508 e. The number of halogens is 1. The van der Waals surface area contributed by atoms with Gasteiger partial charge in [0.15, 0.2) is 23.0 Å². The standard InChI is InChI=1S/C24H23FO7/c1-30-21-12-18(14-3-6-17(27)7-4-14)24(31-2)23(29)22(21)15-5-8-20(19(28)11-15)32-10-9-16(25)13-26/h3-9,11-12,26-29H,10,13H2,1-2H3. The fraction of sp³-hybridized carbons (Fsp3) is 0.167. The molecule has 3 rings (SSSR count). The van der Waals surface area contributed by atoms with Crippen molar-refractivity contribution in [1.29, 1.82) is 0 Å². The van der Waals surface area contributed by atoms with Crippen LogP contribution in [0.4, 0.5) is 4.39 Å². The Morgan fingerprint density at radius 1 is 0.906 bits per heavy atom. The zero-order valence-electron chi connectivity index (χ0n) is 17.5. The molecule has 3 aromatic rings. The van der Waals surface area contributed by atoms with Gasteiger partial charge >= 0.3 is 0 Å². The van der Waals surface area contributed by atoms with Gasteiger partial charge in [-0.1, -0.05) is 18.2 Å². The quantitative estimate of drug-likeness (QED) is 0.410. The van der Waals surface area contributed by atoms with Crippen LogP contribution in [-0.2, 0) is 0 Å². The van der Waals surface area contributed by atoms with Gasteiger partial charge < -0.3 is 34.6 Å². The number of hydrogen-bond donors (Lipinski definition) is 4. The van der Waals surface area contributed by atoms with Gasteiger partial charge in [0.25, 0.3) is 0 Å². The Hall–Kier alpha value is -3.91. The first-order valence-electron chi connectivity index (χ1n) is 9.58. The number of hydrogen-bond acceptors (Lipinski definition) is 7. The molecular formula is C24H23FO7. The summed E-state index contributed by atoms with van der Waals surface area (Å²) in [6, 6.07) is 12.5. The smallest absolute Gasteiger partial charge is 0.170 e. The van der Waals surface area contributed by atoms with E-state index in [-0.39, 0.29) is 35.4 Å². The maximum absolute atomic E-state index is 13.0. The van der Waals surface area contributed by atoms with Crippen LogP contribution in [0.15, 0.2) is 60.4 Å². The largest absolute Gasteiger partial charge is 0.508 e. The van der Waals surface area contributed by atoms with E-state index >= 15 is 0 Å². The minimum absolute atomic E-state index is 0.0990. The predicted octanol–water partition coefficient (Wildman–Crippen LogP) is 4.38. The lowest BCUT2D eigenvalue weighted by Gasteiger charge is -2.18. The number of rotatable bonds is 8. The summed E-state index contributed by atoms with van der Waals surface area (Å²) in [5, 5.41) is 39.6. The Bertz CT molecular complexity index is 1120. The van der Waals surface area contributed by atoms with Gasteiger partial charge in [-0.25, -0.2) is 4.39 Å². The van der Waals surface area contributed by atoms with Crippen LogP contribution in [0, 0.1) is 0 Å². The summed E-state index contributed by atoms with van der Waals surface area (Å²) >= 11 is 0. The maximum Gasteiger partial charge on any atom is 0.170 e. The number of aliphatic hydroxyl groups is 1. The Kier molecular flexibility index (Phi) is 7.07. The van der Waals surface area contributed by atoms with E-state index in [0.29, 0.717) is 28.0 Å². The number of aliphatic hydroxyl groups excluding tert-OH is 1. The molecule has 0 aromatic heterocycles. The van der Waals surface area contributed by atoms with Crippen molar-refractivity contribution >= 4 is 0 Å². The fourth-order valence-corrected chi connectivity index (χ4v) is 3.21. The Labute approximate surface area is 184 Å². The molecule has 0 bridgehead atoms. The predicted molar refractivity (Wildman–Crippen MR) is 117 cm³/mol. The van der Waals surface area contributed by atoms with Crippen molar-refractivity contribution in [2.75, 3.05) is 27.4 Å². The van der Waals surface area contributed by atoms with Crippen LogP contribution in [-0.4, -0.2) is 47.9 Å². The first kappa shape index (κ1) is 22.8. The number of aromatic hydroxyl groups is 3. The summed E-state index contributed by atoms with van der Waals surface area (Å²) in [5.74, 6) is -0.450. The summed E-state index contributed by atoms with van der Waals surface area (Å²) in [7, 11) is 2.87. The molecule has 0 spiro atoms. The average Bonchev–Trinajstić information content (AvgIpc) is 2.79. The van der Waals surface area contributed by atoms with Crippen LogP contribution in [0.1, 0.15) is 0 Å². The van der Waals surface area contributed by atoms with Crippen LogP contribution in [0.2, 0.25) is 0 Å². The third-order valence-electron chi connectivity index (χ3n) is 4.76. The van der Waals surface area contributed by atoms with Gasteiger partial charge in [-0.05, 0) is 47.5 Å². The SMILES string of the molecule is COc1cc(-c2ccc(O)cc2)c(OC)c(O)c1-c1ccc(OCC=C(F)CO)c(O)c1. The molecule has 0 aliphatic rings. The molecule has 7 nitrogen and oxygen atoms in total. The second kappa shape index (κ2) is 9.93. The first-order valence-corrected chi connectivity index (χ1v) is 9.58. The van der Waals surface area contributed by atoms with Crippen molar-refractivity contribution in [3.8, 4) is 56.8 Å².